The number of benzene rings is 1. The molecular weight excluding hydrogens is 400 g/mol. The Morgan fingerprint density at radius 1 is 1.23 bits per heavy atom. The Hall–Kier alpha value is -2.26. The molecule has 1 fully saturated rings. The van der Waals surface area contributed by atoms with E-state index in [2.05, 4.69) is 0 Å². The number of halogens is 2. The van der Waals surface area contributed by atoms with Crippen LogP contribution >= 0.6 is 0 Å². The summed E-state index contributed by atoms with van der Waals surface area (Å²) in [4.78, 5) is 25.6. The molecule has 9 heteroatoms. The van der Waals surface area contributed by atoms with Crippen LogP contribution in [0.25, 0.3) is 0 Å². The lowest BCUT2D eigenvalue weighted by atomic mass is 9.91. The molecule has 7 nitrogen and oxygen atoms in total. The van der Waals surface area contributed by atoms with Gasteiger partial charge in [0.15, 0.2) is 0 Å². The van der Waals surface area contributed by atoms with Crippen LogP contribution in [0.5, 0.6) is 0 Å². The third-order valence-corrected chi connectivity index (χ3v) is 4.91. The number of carboxylic acids is 1. The van der Waals surface area contributed by atoms with Crippen molar-refractivity contribution in [2.75, 3.05) is 0 Å². The van der Waals surface area contributed by atoms with Crippen LogP contribution in [-0.4, -0.2) is 56.8 Å². The Morgan fingerprint density at radius 3 is 2.23 bits per heavy atom. The minimum absolute atomic E-state index is 0.0780. The van der Waals surface area contributed by atoms with Crippen molar-refractivity contribution in [2.24, 2.45) is 5.92 Å². The number of carbonyl (C=O) groups is 2. The average Bonchev–Trinajstić information content (AvgIpc) is 2.81. The Labute approximate surface area is 174 Å². The fraction of sp³-hybridized carbons (Fsp3) is 0.619. The maximum absolute atomic E-state index is 13.7. The van der Waals surface area contributed by atoms with Gasteiger partial charge in [0.05, 0.1) is 18.1 Å². The Balaban J connectivity index is 2.48. The lowest BCUT2D eigenvalue weighted by molar-refractivity contribution is -0.153. The van der Waals surface area contributed by atoms with E-state index in [4.69, 9.17) is 9.47 Å². The van der Waals surface area contributed by atoms with E-state index in [1.54, 1.807) is 34.6 Å². The zero-order chi connectivity index (χ0) is 23.0. The number of rotatable bonds is 5. The molecule has 1 aromatic carbocycles. The highest BCUT2D eigenvalue weighted by molar-refractivity contribution is 5.71. The molecular formula is C21H29F2NO6. The summed E-state index contributed by atoms with van der Waals surface area (Å²) in [7, 11) is 0. The van der Waals surface area contributed by atoms with Crippen LogP contribution in [0.3, 0.4) is 0 Å². The second kappa shape index (κ2) is 8.47. The third-order valence-electron chi connectivity index (χ3n) is 4.91. The van der Waals surface area contributed by atoms with Gasteiger partial charge in [0, 0.05) is 6.07 Å². The third kappa shape index (κ3) is 5.46. The van der Waals surface area contributed by atoms with Gasteiger partial charge in [-0.2, -0.15) is 0 Å². The molecule has 2 rings (SSSR count). The Morgan fingerprint density at radius 2 is 1.77 bits per heavy atom. The van der Waals surface area contributed by atoms with Crippen LogP contribution in [0, 0.1) is 17.6 Å². The van der Waals surface area contributed by atoms with E-state index in [0.717, 1.165) is 18.2 Å². The largest absolute Gasteiger partial charge is 0.481 e. The molecule has 168 valence electrons. The summed E-state index contributed by atoms with van der Waals surface area (Å²) in [5, 5.41) is 20.0. The smallest absolute Gasteiger partial charge is 0.412 e. The number of hydrogen-bond acceptors (Lipinski definition) is 5. The molecule has 2 N–H and O–H groups in total. The zero-order valence-electron chi connectivity index (χ0n) is 18.0. The molecule has 0 spiro atoms. The second-order valence-corrected chi connectivity index (χ2v) is 9.05. The molecule has 1 aliphatic rings. The summed E-state index contributed by atoms with van der Waals surface area (Å²) in [5.74, 6) is -4.02. The first-order valence-electron chi connectivity index (χ1n) is 9.68. The summed E-state index contributed by atoms with van der Waals surface area (Å²) in [6.07, 6.45) is -3.42. The number of amides is 1. The predicted octanol–water partition coefficient (Wildman–Crippen LogP) is 3.33. The minimum Gasteiger partial charge on any atom is -0.481 e. The molecule has 1 heterocycles. The number of ether oxygens (including phenoxy) is 2. The number of carbonyl (C=O) groups excluding carboxylic acids is 1. The highest BCUT2D eigenvalue weighted by Gasteiger charge is 2.54. The zero-order valence-corrected chi connectivity index (χ0v) is 18.0. The summed E-state index contributed by atoms with van der Waals surface area (Å²) in [5.41, 5.74) is -1.86. The van der Waals surface area contributed by atoms with Crippen molar-refractivity contribution in [3.05, 3.63) is 35.4 Å². The highest BCUT2D eigenvalue weighted by atomic mass is 19.1. The van der Waals surface area contributed by atoms with Crippen LogP contribution in [0.2, 0.25) is 0 Å². The van der Waals surface area contributed by atoms with Gasteiger partial charge in [-0.1, -0.05) is 0 Å². The lowest BCUT2D eigenvalue weighted by Crippen LogP contribution is -2.52. The molecule has 1 amide bonds. The lowest BCUT2D eigenvalue weighted by Gasteiger charge is -2.35. The van der Waals surface area contributed by atoms with Crippen LogP contribution in [0.1, 0.15) is 47.1 Å². The quantitative estimate of drug-likeness (QED) is 0.745. The standard InChI is InChI=1S/C21H29F2NO6/c1-11(18(26)27)16(25)17-15(9-12-7-13(22)10-14(23)8-12)24(21(5,6)29-17)19(28)30-20(2,3)4/h7-8,10-11,15-17,25H,9H2,1-6H3,(H,26,27)/t11-,15+,16-,17-/m1/s1. The van der Waals surface area contributed by atoms with Gasteiger partial charge in [-0.25, -0.2) is 13.6 Å². The number of aliphatic hydroxyl groups is 1. The van der Waals surface area contributed by atoms with Crippen LogP contribution in [0.4, 0.5) is 13.6 Å². The molecule has 0 unspecified atom stereocenters. The van der Waals surface area contributed by atoms with Crippen molar-refractivity contribution in [1.29, 1.82) is 0 Å². The Bertz CT molecular complexity index is 787. The number of hydrogen-bond donors (Lipinski definition) is 2. The first kappa shape index (κ1) is 24.0. The fourth-order valence-electron chi connectivity index (χ4n) is 3.59. The number of aliphatic hydroxyl groups excluding tert-OH is 1. The number of aliphatic carboxylic acids is 1. The number of nitrogens with zero attached hydrogens (tertiary/aromatic N) is 1. The first-order valence-corrected chi connectivity index (χ1v) is 9.68. The van der Waals surface area contributed by atoms with Gasteiger partial charge < -0.3 is 19.7 Å². The van der Waals surface area contributed by atoms with Crippen molar-refractivity contribution < 1.29 is 38.1 Å². The maximum Gasteiger partial charge on any atom is 0.412 e. The van der Waals surface area contributed by atoms with Crippen molar-refractivity contribution in [3.8, 4) is 0 Å². The molecule has 0 saturated carbocycles. The van der Waals surface area contributed by atoms with Crippen molar-refractivity contribution >= 4 is 12.1 Å². The van der Waals surface area contributed by atoms with Gasteiger partial charge >= 0.3 is 12.1 Å². The van der Waals surface area contributed by atoms with E-state index in [0.29, 0.717) is 0 Å². The monoisotopic (exact) mass is 429 g/mol. The van der Waals surface area contributed by atoms with E-state index in [1.165, 1.54) is 11.8 Å². The SMILES string of the molecule is C[C@@H](C(=O)O)[C@@H](O)[C@@H]1OC(C)(C)N(C(=O)OC(C)(C)C)[C@H]1Cc1cc(F)cc(F)c1. The van der Waals surface area contributed by atoms with Gasteiger partial charge in [0.2, 0.25) is 0 Å². The molecule has 1 saturated heterocycles. The first-order chi connectivity index (χ1) is 13.6. The van der Waals surface area contributed by atoms with Crippen molar-refractivity contribution in [2.45, 2.75) is 77.5 Å². The molecule has 30 heavy (non-hydrogen) atoms. The molecule has 1 aromatic rings. The van der Waals surface area contributed by atoms with Gasteiger partial charge in [0.1, 0.15) is 29.1 Å². The van der Waals surface area contributed by atoms with E-state index in [9.17, 15) is 28.6 Å². The van der Waals surface area contributed by atoms with E-state index in [-0.39, 0.29) is 12.0 Å². The molecule has 0 aliphatic carbocycles. The van der Waals surface area contributed by atoms with Crippen molar-refractivity contribution in [3.63, 3.8) is 0 Å². The molecule has 1 aliphatic heterocycles. The fourth-order valence-corrected chi connectivity index (χ4v) is 3.59. The van der Waals surface area contributed by atoms with Crippen LogP contribution in [-0.2, 0) is 20.7 Å². The van der Waals surface area contributed by atoms with E-state index >= 15 is 0 Å². The number of carboxylic acid groups (broad SMARTS) is 1. The van der Waals surface area contributed by atoms with Gasteiger partial charge in [0.25, 0.3) is 0 Å². The van der Waals surface area contributed by atoms with Crippen LogP contribution < -0.4 is 0 Å². The highest BCUT2D eigenvalue weighted by Crippen LogP contribution is 2.38. The predicted molar refractivity (Wildman–Crippen MR) is 104 cm³/mol. The second-order valence-electron chi connectivity index (χ2n) is 9.05. The van der Waals surface area contributed by atoms with Gasteiger partial charge in [-0.3, -0.25) is 9.69 Å². The topological polar surface area (TPSA) is 96.3 Å². The summed E-state index contributed by atoms with van der Waals surface area (Å²) in [6.45, 7) is 9.53. The molecule has 0 radical (unpaired) electrons. The van der Waals surface area contributed by atoms with Crippen LogP contribution in [0.15, 0.2) is 18.2 Å². The average molecular weight is 429 g/mol. The molecule has 0 bridgehead atoms. The Kier molecular flexibility index (Phi) is 6.78. The summed E-state index contributed by atoms with van der Waals surface area (Å²) in [6, 6.07) is 2.04. The summed E-state index contributed by atoms with van der Waals surface area (Å²) < 4.78 is 38.8. The van der Waals surface area contributed by atoms with Gasteiger partial charge in [-0.05, 0) is 65.7 Å². The van der Waals surface area contributed by atoms with E-state index in [1.807, 2.05) is 0 Å². The normalized spacial score (nSPS) is 23.2. The molecule has 4 atom stereocenters. The summed E-state index contributed by atoms with van der Waals surface area (Å²) >= 11 is 0. The van der Waals surface area contributed by atoms with Crippen molar-refractivity contribution in [1.82, 2.24) is 4.90 Å². The minimum atomic E-state index is -1.47. The maximum atomic E-state index is 13.7. The van der Waals surface area contributed by atoms with Gasteiger partial charge in [-0.15, -0.1) is 0 Å². The molecule has 0 aromatic heterocycles. The van der Waals surface area contributed by atoms with E-state index < -0.39 is 59.2 Å².